The minimum atomic E-state index is -0.361. The highest BCUT2D eigenvalue weighted by atomic mass is 16.6. The zero-order chi connectivity index (χ0) is 19.2. The second-order valence-electron chi connectivity index (χ2n) is 7.32. The summed E-state index contributed by atoms with van der Waals surface area (Å²) in [5.41, 5.74) is 0.931. The van der Waals surface area contributed by atoms with Gasteiger partial charge in [0.25, 0.3) is 0 Å². The number of hydrogen-bond acceptors (Lipinski definition) is 3. The van der Waals surface area contributed by atoms with Gasteiger partial charge in [0.2, 0.25) is 5.76 Å². The third kappa shape index (κ3) is 9.65. The fourth-order valence-corrected chi connectivity index (χ4v) is 2.91. The number of benzene rings is 1. The van der Waals surface area contributed by atoms with E-state index in [0.29, 0.717) is 0 Å². The summed E-state index contributed by atoms with van der Waals surface area (Å²) in [6, 6.07) is 9.70. The summed E-state index contributed by atoms with van der Waals surface area (Å²) in [4.78, 5) is 12.5. The Bertz CT molecular complexity index is 520. The molecular formula is C23H36O3. The quantitative estimate of drug-likeness (QED) is 0.177. The molecule has 0 spiro atoms. The molecule has 0 heterocycles. The van der Waals surface area contributed by atoms with E-state index in [0.717, 1.165) is 43.6 Å². The van der Waals surface area contributed by atoms with Crippen LogP contribution in [-0.2, 0) is 14.3 Å². The molecule has 0 aliphatic rings. The summed E-state index contributed by atoms with van der Waals surface area (Å²) >= 11 is 0. The number of methoxy groups -OCH3 is 1. The van der Waals surface area contributed by atoms with Gasteiger partial charge >= 0.3 is 5.97 Å². The van der Waals surface area contributed by atoms with Gasteiger partial charge in [-0.25, -0.2) is 4.79 Å². The highest BCUT2D eigenvalue weighted by molar-refractivity contribution is 5.91. The van der Waals surface area contributed by atoms with Crippen molar-refractivity contribution >= 4 is 12.0 Å². The fraction of sp³-hybridized carbons (Fsp3) is 0.609. The lowest BCUT2D eigenvalue weighted by molar-refractivity contribution is -0.148. The third-order valence-corrected chi connectivity index (χ3v) is 4.48. The van der Waals surface area contributed by atoms with E-state index in [1.165, 1.54) is 26.4 Å². The molecule has 0 radical (unpaired) electrons. The number of ether oxygens (including phenoxy) is 2. The van der Waals surface area contributed by atoms with Crippen molar-refractivity contribution in [2.75, 3.05) is 7.11 Å². The van der Waals surface area contributed by atoms with Gasteiger partial charge in [-0.1, -0.05) is 83.2 Å². The monoisotopic (exact) mass is 360 g/mol. The standard InChI is InChI=1S/C23H36O3/c1-5-6-16-21(17-12-7-9-13-19(2)3)26-23(24)22(25-4)18-20-14-10-8-11-15-20/h8,10-11,14-15,18-19,21H,5-7,9,12-13,16-17H2,1-4H3. The van der Waals surface area contributed by atoms with Crippen LogP contribution in [0, 0.1) is 5.92 Å². The average molecular weight is 361 g/mol. The Labute approximate surface area is 159 Å². The molecule has 26 heavy (non-hydrogen) atoms. The van der Waals surface area contributed by atoms with Crippen LogP contribution in [0.3, 0.4) is 0 Å². The van der Waals surface area contributed by atoms with Gasteiger partial charge in [-0.15, -0.1) is 0 Å². The molecule has 0 saturated heterocycles. The van der Waals surface area contributed by atoms with Crippen LogP contribution in [0.15, 0.2) is 36.1 Å². The molecule has 0 N–H and O–H groups in total. The van der Waals surface area contributed by atoms with Gasteiger partial charge in [0.1, 0.15) is 6.10 Å². The first-order valence-corrected chi connectivity index (χ1v) is 10.1. The van der Waals surface area contributed by atoms with Crippen LogP contribution >= 0.6 is 0 Å². The van der Waals surface area contributed by atoms with Crippen molar-refractivity contribution in [2.45, 2.75) is 78.2 Å². The molecule has 1 atom stereocenters. The van der Waals surface area contributed by atoms with Crippen molar-refractivity contribution in [3.05, 3.63) is 41.7 Å². The SMILES string of the molecule is CCCCC(CCCCCC(C)C)OC(=O)C(=Cc1ccccc1)OC. The summed E-state index contributed by atoms with van der Waals surface area (Å²) in [7, 11) is 1.52. The smallest absolute Gasteiger partial charge is 0.373 e. The molecule has 1 unspecified atom stereocenters. The van der Waals surface area contributed by atoms with Crippen molar-refractivity contribution in [1.82, 2.24) is 0 Å². The molecule has 3 heteroatoms. The Morgan fingerprint density at radius 2 is 1.65 bits per heavy atom. The molecule has 3 nitrogen and oxygen atoms in total. The number of unbranched alkanes of at least 4 members (excludes halogenated alkanes) is 3. The Morgan fingerprint density at radius 3 is 2.27 bits per heavy atom. The largest absolute Gasteiger partial charge is 0.490 e. The fourth-order valence-electron chi connectivity index (χ4n) is 2.91. The van der Waals surface area contributed by atoms with Gasteiger partial charge in [-0.05, 0) is 36.8 Å². The second-order valence-corrected chi connectivity index (χ2v) is 7.32. The van der Waals surface area contributed by atoms with Gasteiger partial charge in [-0.3, -0.25) is 0 Å². The molecule has 1 aromatic carbocycles. The molecule has 0 saturated carbocycles. The number of hydrogen-bond donors (Lipinski definition) is 0. The first-order chi connectivity index (χ1) is 12.6. The van der Waals surface area contributed by atoms with Crippen molar-refractivity contribution in [3.63, 3.8) is 0 Å². The number of rotatable bonds is 13. The molecule has 0 amide bonds. The predicted octanol–water partition coefficient (Wildman–Crippen LogP) is 6.38. The normalized spacial score (nSPS) is 12.9. The van der Waals surface area contributed by atoms with E-state index in [-0.39, 0.29) is 17.8 Å². The van der Waals surface area contributed by atoms with E-state index in [1.807, 2.05) is 30.3 Å². The molecule has 0 aliphatic carbocycles. The van der Waals surface area contributed by atoms with E-state index in [2.05, 4.69) is 20.8 Å². The average Bonchev–Trinajstić information content (AvgIpc) is 2.64. The minimum Gasteiger partial charge on any atom is -0.490 e. The van der Waals surface area contributed by atoms with Crippen LogP contribution in [0.4, 0.5) is 0 Å². The molecule has 0 fully saturated rings. The molecule has 0 aromatic heterocycles. The summed E-state index contributed by atoms with van der Waals surface area (Å²) in [5.74, 6) is 0.660. The van der Waals surface area contributed by atoms with Gasteiger partial charge < -0.3 is 9.47 Å². The second kappa shape index (κ2) is 13.4. The molecule has 1 rings (SSSR count). The first-order valence-electron chi connectivity index (χ1n) is 10.1. The number of esters is 1. The lowest BCUT2D eigenvalue weighted by Crippen LogP contribution is -2.20. The Balaban J connectivity index is 2.57. The Kier molecular flexibility index (Phi) is 11.5. The Morgan fingerprint density at radius 1 is 1.00 bits per heavy atom. The highest BCUT2D eigenvalue weighted by Gasteiger charge is 2.18. The molecular weight excluding hydrogens is 324 g/mol. The number of carbonyl (C=O) groups excluding carboxylic acids is 1. The van der Waals surface area contributed by atoms with E-state index < -0.39 is 0 Å². The van der Waals surface area contributed by atoms with E-state index in [9.17, 15) is 4.79 Å². The van der Waals surface area contributed by atoms with Crippen LogP contribution in [0.25, 0.3) is 6.08 Å². The number of carbonyl (C=O) groups is 1. The maximum Gasteiger partial charge on any atom is 0.373 e. The summed E-state index contributed by atoms with van der Waals surface area (Å²) < 4.78 is 11.1. The maximum atomic E-state index is 12.5. The summed E-state index contributed by atoms with van der Waals surface area (Å²) in [6.45, 7) is 6.69. The first kappa shape index (κ1) is 22.3. The van der Waals surface area contributed by atoms with Crippen LogP contribution in [-0.4, -0.2) is 19.2 Å². The van der Waals surface area contributed by atoms with Crippen LogP contribution in [0.1, 0.15) is 77.7 Å². The lowest BCUT2D eigenvalue weighted by Gasteiger charge is -2.18. The van der Waals surface area contributed by atoms with E-state index in [1.54, 1.807) is 6.08 Å². The van der Waals surface area contributed by atoms with Crippen LogP contribution in [0.2, 0.25) is 0 Å². The molecule has 146 valence electrons. The molecule has 0 bridgehead atoms. The van der Waals surface area contributed by atoms with E-state index >= 15 is 0 Å². The van der Waals surface area contributed by atoms with Crippen molar-refractivity contribution < 1.29 is 14.3 Å². The van der Waals surface area contributed by atoms with Crippen molar-refractivity contribution in [3.8, 4) is 0 Å². The third-order valence-electron chi connectivity index (χ3n) is 4.48. The topological polar surface area (TPSA) is 35.5 Å². The zero-order valence-electron chi connectivity index (χ0n) is 17.0. The zero-order valence-corrected chi connectivity index (χ0v) is 17.0. The van der Waals surface area contributed by atoms with Gasteiger partial charge in [0.15, 0.2) is 0 Å². The maximum absolute atomic E-state index is 12.5. The summed E-state index contributed by atoms with van der Waals surface area (Å²) in [6.07, 6.45) is 10.6. The molecule has 1 aromatic rings. The lowest BCUT2D eigenvalue weighted by atomic mass is 10.0. The predicted molar refractivity (Wildman–Crippen MR) is 109 cm³/mol. The van der Waals surface area contributed by atoms with Gasteiger partial charge in [0, 0.05) is 0 Å². The van der Waals surface area contributed by atoms with Gasteiger partial charge in [0.05, 0.1) is 7.11 Å². The highest BCUT2D eigenvalue weighted by Crippen LogP contribution is 2.18. The van der Waals surface area contributed by atoms with Gasteiger partial charge in [-0.2, -0.15) is 0 Å². The van der Waals surface area contributed by atoms with Crippen molar-refractivity contribution in [2.24, 2.45) is 5.92 Å². The Hall–Kier alpha value is -1.77. The van der Waals surface area contributed by atoms with Crippen LogP contribution in [0.5, 0.6) is 0 Å². The van der Waals surface area contributed by atoms with Crippen molar-refractivity contribution in [1.29, 1.82) is 0 Å². The molecule has 0 aliphatic heterocycles. The minimum absolute atomic E-state index is 0.0178. The van der Waals surface area contributed by atoms with Crippen LogP contribution < -0.4 is 0 Å². The van der Waals surface area contributed by atoms with E-state index in [4.69, 9.17) is 9.47 Å². The summed E-state index contributed by atoms with van der Waals surface area (Å²) in [5, 5.41) is 0.